The lowest BCUT2D eigenvalue weighted by Gasteiger charge is -2.09. The number of ether oxygens (including phenoxy) is 1. The minimum absolute atomic E-state index is 0.156. The molecule has 8 heteroatoms. The zero-order valence-corrected chi connectivity index (χ0v) is 15.4. The van der Waals surface area contributed by atoms with E-state index in [4.69, 9.17) is 4.74 Å². The maximum Gasteiger partial charge on any atom is 0.252 e. The topological polar surface area (TPSA) is 81.9 Å². The summed E-state index contributed by atoms with van der Waals surface area (Å²) in [4.78, 5) is 13.4. The Morgan fingerprint density at radius 1 is 1.19 bits per heavy atom. The summed E-state index contributed by atoms with van der Waals surface area (Å²) in [5.74, 6) is 1.17. The fraction of sp³-hybridized carbons (Fsp3) is 0.222. The molecular formula is C18H19N5O2S. The summed E-state index contributed by atoms with van der Waals surface area (Å²) in [6.45, 7) is 2.77. The predicted molar refractivity (Wildman–Crippen MR) is 99.7 cm³/mol. The van der Waals surface area contributed by atoms with Crippen molar-refractivity contribution in [3.05, 3.63) is 59.9 Å². The molecule has 7 nitrogen and oxygen atoms in total. The molecule has 2 aromatic carbocycles. The minimum Gasteiger partial charge on any atom is -0.494 e. The van der Waals surface area contributed by atoms with Crippen LogP contribution in [0.3, 0.4) is 0 Å². The second kappa shape index (κ2) is 8.48. The quantitative estimate of drug-likeness (QED) is 0.645. The van der Waals surface area contributed by atoms with Gasteiger partial charge in [0.1, 0.15) is 5.75 Å². The highest BCUT2D eigenvalue weighted by atomic mass is 32.2. The van der Waals surface area contributed by atoms with Crippen LogP contribution >= 0.6 is 11.8 Å². The molecule has 0 fully saturated rings. The molecule has 0 aliphatic rings. The molecule has 0 saturated heterocycles. The number of aromatic nitrogens is 4. The average Bonchev–Trinajstić information content (AvgIpc) is 3.15. The van der Waals surface area contributed by atoms with Gasteiger partial charge in [-0.05, 0) is 60.0 Å². The van der Waals surface area contributed by atoms with Gasteiger partial charge in [-0.15, -0.1) is 16.9 Å². The van der Waals surface area contributed by atoms with Gasteiger partial charge in [0, 0.05) is 4.90 Å². The van der Waals surface area contributed by atoms with E-state index in [1.54, 1.807) is 10.7 Å². The molecule has 0 saturated carbocycles. The fourth-order valence-corrected chi connectivity index (χ4v) is 3.05. The van der Waals surface area contributed by atoms with Gasteiger partial charge in [-0.25, -0.2) is 0 Å². The Balaban J connectivity index is 1.72. The maximum atomic E-state index is 12.5. The number of hydrogen-bond donors (Lipinski definition) is 1. The monoisotopic (exact) mass is 369 g/mol. The number of benzene rings is 2. The standard InChI is InChI=1S/C18H19N5O2S/c1-3-25-14-10-8-13(9-11-14)23-17(20-21-22-23)12-19-18(24)15-6-4-5-7-16(15)26-2/h4-11H,3,12H2,1-2H3,(H,19,24). The molecule has 0 radical (unpaired) electrons. The number of nitrogens with zero attached hydrogens (tertiary/aromatic N) is 4. The Kier molecular flexibility index (Phi) is 5.85. The van der Waals surface area contributed by atoms with Crippen LogP contribution in [0.25, 0.3) is 5.69 Å². The third-order valence-corrected chi connectivity index (χ3v) is 4.48. The van der Waals surface area contributed by atoms with Crippen LogP contribution in [0.4, 0.5) is 0 Å². The van der Waals surface area contributed by atoms with E-state index >= 15 is 0 Å². The van der Waals surface area contributed by atoms with Crippen LogP contribution in [0.1, 0.15) is 23.1 Å². The van der Waals surface area contributed by atoms with Gasteiger partial charge >= 0.3 is 0 Å². The second-order valence-electron chi connectivity index (χ2n) is 5.32. The van der Waals surface area contributed by atoms with Gasteiger partial charge in [0.25, 0.3) is 5.91 Å². The molecule has 1 N–H and O–H groups in total. The van der Waals surface area contributed by atoms with Crippen molar-refractivity contribution in [2.45, 2.75) is 18.4 Å². The van der Waals surface area contributed by atoms with Crippen LogP contribution in [0, 0.1) is 0 Å². The first-order chi connectivity index (χ1) is 12.7. The van der Waals surface area contributed by atoms with Crippen molar-refractivity contribution in [3.8, 4) is 11.4 Å². The normalized spacial score (nSPS) is 10.5. The van der Waals surface area contributed by atoms with E-state index in [1.807, 2.05) is 55.6 Å². The molecule has 3 rings (SSSR count). The molecule has 26 heavy (non-hydrogen) atoms. The van der Waals surface area contributed by atoms with Crippen LogP contribution < -0.4 is 10.1 Å². The first-order valence-electron chi connectivity index (χ1n) is 8.14. The van der Waals surface area contributed by atoms with Crippen molar-refractivity contribution in [2.24, 2.45) is 0 Å². The first kappa shape index (κ1) is 17.9. The van der Waals surface area contributed by atoms with Gasteiger partial charge in [0.05, 0.1) is 24.4 Å². The number of carbonyl (C=O) groups is 1. The minimum atomic E-state index is -0.156. The van der Waals surface area contributed by atoms with E-state index in [2.05, 4.69) is 20.8 Å². The van der Waals surface area contributed by atoms with Crippen molar-refractivity contribution in [3.63, 3.8) is 0 Å². The Labute approximate surface area is 155 Å². The van der Waals surface area contributed by atoms with Gasteiger partial charge in [-0.3, -0.25) is 4.79 Å². The summed E-state index contributed by atoms with van der Waals surface area (Å²) in [6, 6.07) is 14.9. The van der Waals surface area contributed by atoms with Crippen molar-refractivity contribution in [1.29, 1.82) is 0 Å². The molecule has 0 aliphatic heterocycles. The molecule has 0 bridgehead atoms. The highest BCUT2D eigenvalue weighted by Gasteiger charge is 2.13. The van der Waals surface area contributed by atoms with Crippen molar-refractivity contribution in [1.82, 2.24) is 25.5 Å². The third-order valence-electron chi connectivity index (χ3n) is 3.69. The van der Waals surface area contributed by atoms with Crippen molar-refractivity contribution < 1.29 is 9.53 Å². The summed E-state index contributed by atoms with van der Waals surface area (Å²) in [5, 5.41) is 14.6. The zero-order chi connectivity index (χ0) is 18.4. The third kappa shape index (κ3) is 4.02. The van der Waals surface area contributed by atoms with Crippen LogP contribution in [-0.4, -0.2) is 39.0 Å². The smallest absolute Gasteiger partial charge is 0.252 e. The van der Waals surface area contributed by atoms with Gasteiger partial charge in [-0.2, -0.15) is 4.68 Å². The molecule has 134 valence electrons. The number of carbonyl (C=O) groups excluding carboxylic acids is 1. The molecular weight excluding hydrogens is 350 g/mol. The highest BCUT2D eigenvalue weighted by Crippen LogP contribution is 2.20. The summed E-state index contributed by atoms with van der Waals surface area (Å²) in [7, 11) is 0. The van der Waals surface area contributed by atoms with E-state index in [0.29, 0.717) is 18.0 Å². The number of nitrogens with one attached hydrogen (secondary N) is 1. The van der Waals surface area contributed by atoms with E-state index in [1.165, 1.54) is 11.8 Å². The fourth-order valence-electron chi connectivity index (χ4n) is 2.45. The summed E-state index contributed by atoms with van der Waals surface area (Å²) < 4.78 is 7.03. The Bertz CT molecular complexity index is 879. The zero-order valence-electron chi connectivity index (χ0n) is 14.5. The first-order valence-corrected chi connectivity index (χ1v) is 9.37. The van der Waals surface area contributed by atoms with Gasteiger partial charge in [0.2, 0.25) is 0 Å². The number of rotatable bonds is 7. The maximum absolute atomic E-state index is 12.5. The van der Waals surface area contributed by atoms with Crippen molar-refractivity contribution in [2.75, 3.05) is 12.9 Å². The molecule has 1 aromatic heterocycles. The van der Waals surface area contributed by atoms with Crippen LogP contribution in [0.2, 0.25) is 0 Å². The van der Waals surface area contributed by atoms with Crippen LogP contribution in [0.5, 0.6) is 5.75 Å². The summed E-state index contributed by atoms with van der Waals surface area (Å²) in [6.07, 6.45) is 1.94. The number of amides is 1. The lowest BCUT2D eigenvalue weighted by molar-refractivity contribution is 0.0946. The van der Waals surface area contributed by atoms with E-state index in [0.717, 1.165) is 16.3 Å². The SMILES string of the molecule is CCOc1ccc(-n2nnnc2CNC(=O)c2ccccc2SC)cc1. The Morgan fingerprint density at radius 3 is 2.69 bits per heavy atom. The number of hydrogen-bond acceptors (Lipinski definition) is 6. The second-order valence-corrected chi connectivity index (χ2v) is 6.16. The number of thioether (sulfide) groups is 1. The largest absolute Gasteiger partial charge is 0.494 e. The highest BCUT2D eigenvalue weighted by molar-refractivity contribution is 7.98. The van der Waals surface area contributed by atoms with Crippen LogP contribution in [-0.2, 0) is 6.54 Å². The summed E-state index contributed by atoms with van der Waals surface area (Å²) >= 11 is 1.53. The van der Waals surface area contributed by atoms with Gasteiger partial charge in [-0.1, -0.05) is 12.1 Å². The molecule has 0 aliphatic carbocycles. The van der Waals surface area contributed by atoms with E-state index in [-0.39, 0.29) is 12.5 Å². The number of tetrazole rings is 1. The van der Waals surface area contributed by atoms with Gasteiger partial charge in [0.15, 0.2) is 5.82 Å². The lowest BCUT2D eigenvalue weighted by Crippen LogP contribution is -2.25. The Morgan fingerprint density at radius 2 is 1.96 bits per heavy atom. The van der Waals surface area contributed by atoms with Crippen molar-refractivity contribution >= 4 is 17.7 Å². The van der Waals surface area contributed by atoms with E-state index < -0.39 is 0 Å². The Hall–Kier alpha value is -2.87. The summed E-state index contributed by atoms with van der Waals surface area (Å²) in [5.41, 5.74) is 1.44. The molecule has 0 unspecified atom stereocenters. The average molecular weight is 369 g/mol. The molecule has 1 amide bonds. The molecule has 1 heterocycles. The van der Waals surface area contributed by atoms with Crippen LogP contribution in [0.15, 0.2) is 53.4 Å². The molecule has 3 aromatic rings. The molecule has 0 atom stereocenters. The lowest BCUT2D eigenvalue weighted by atomic mass is 10.2. The van der Waals surface area contributed by atoms with E-state index in [9.17, 15) is 4.79 Å². The predicted octanol–water partition coefficient (Wildman–Crippen LogP) is 2.71. The van der Waals surface area contributed by atoms with Gasteiger partial charge < -0.3 is 10.1 Å². The molecule has 0 spiro atoms.